The van der Waals surface area contributed by atoms with Crippen molar-refractivity contribution in [2.24, 2.45) is 0 Å². The molecule has 0 saturated heterocycles. The van der Waals surface area contributed by atoms with Gasteiger partial charge in [0.15, 0.2) is 5.78 Å². The Morgan fingerprint density at radius 2 is 1.62 bits per heavy atom. The zero-order chi connectivity index (χ0) is 12.4. The topological polar surface area (TPSA) is 46.6 Å². The van der Waals surface area contributed by atoms with E-state index in [1.165, 1.54) is 0 Å². The van der Waals surface area contributed by atoms with Gasteiger partial charge in [-0.1, -0.05) is 13.8 Å². The average molecular weight is 229 g/mol. The third-order valence-corrected chi connectivity index (χ3v) is 2.13. The highest BCUT2D eigenvalue weighted by molar-refractivity contribution is 5.96. The van der Waals surface area contributed by atoms with E-state index < -0.39 is 5.97 Å². The molecule has 0 atom stereocenters. The lowest BCUT2D eigenvalue weighted by Crippen LogP contribution is -2.32. The number of hydrogen-bond acceptors (Lipinski definition) is 4. The highest BCUT2D eigenvalue weighted by Gasteiger charge is 2.13. The summed E-state index contributed by atoms with van der Waals surface area (Å²) in [5.41, 5.74) is 0. The van der Waals surface area contributed by atoms with E-state index in [0.29, 0.717) is 13.2 Å². The molecule has 0 fully saturated rings. The first-order valence-corrected chi connectivity index (χ1v) is 6.03. The first-order chi connectivity index (χ1) is 7.63. The van der Waals surface area contributed by atoms with Gasteiger partial charge in [0.1, 0.15) is 6.42 Å². The standard InChI is InChI=1S/C12H23NO3/c1-4-7-13(8-5-2)10-11(14)9-12(15)16-6-3/h4-10H2,1-3H3. The molecular weight excluding hydrogens is 206 g/mol. The highest BCUT2D eigenvalue weighted by Crippen LogP contribution is 1.97. The fraction of sp³-hybridized carbons (Fsp3) is 0.833. The Kier molecular flexibility index (Phi) is 8.81. The predicted octanol–water partition coefficient (Wildman–Crippen LogP) is 1.63. The van der Waals surface area contributed by atoms with Crippen molar-refractivity contribution in [3.63, 3.8) is 0 Å². The summed E-state index contributed by atoms with van der Waals surface area (Å²) in [5, 5.41) is 0. The van der Waals surface area contributed by atoms with Gasteiger partial charge in [0.25, 0.3) is 0 Å². The Balaban J connectivity index is 3.93. The summed E-state index contributed by atoms with van der Waals surface area (Å²) >= 11 is 0. The molecule has 0 radical (unpaired) electrons. The molecule has 4 nitrogen and oxygen atoms in total. The number of Topliss-reactive ketones (excluding diaryl/α,β-unsaturated/α-hetero) is 1. The van der Waals surface area contributed by atoms with Crippen molar-refractivity contribution in [1.29, 1.82) is 0 Å². The van der Waals surface area contributed by atoms with Crippen molar-refractivity contribution in [2.45, 2.75) is 40.0 Å². The lowest BCUT2D eigenvalue weighted by atomic mass is 10.2. The van der Waals surface area contributed by atoms with Crippen LogP contribution >= 0.6 is 0 Å². The van der Waals surface area contributed by atoms with E-state index in [1.54, 1.807) is 6.92 Å². The molecule has 0 aromatic heterocycles. The number of carbonyl (C=O) groups is 2. The van der Waals surface area contributed by atoms with Gasteiger partial charge in [-0.25, -0.2) is 0 Å². The molecule has 0 heterocycles. The molecule has 0 aliphatic heterocycles. The number of rotatable bonds is 9. The number of hydrogen-bond donors (Lipinski definition) is 0. The summed E-state index contributed by atoms with van der Waals surface area (Å²) in [7, 11) is 0. The molecule has 0 aromatic rings. The minimum absolute atomic E-state index is 0.0552. The van der Waals surface area contributed by atoms with Crippen molar-refractivity contribution in [3.8, 4) is 0 Å². The maximum absolute atomic E-state index is 11.5. The zero-order valence-electron chi connectivity index (χ0n) is 10.6. The minimum Gasteiger partial charge on any atom is -0.466 e. The molecule has 94 valence electrons. The number of ether oxygens (including phenoxy) is 1. The van der Waals surface area contributed by atoms with E-state index in [1.807, 2.05) is 0 Å². The van der Waals surface area contributed by atoms with E-state index in [2.05, 4.69) is 18.7 Å². The predicted molar refractivity (Wildman–Crippen MR) is 63.3 cm³/mol. The van der Waals surface area contributed by atoms with Crippen LogP contribution in [-0.4, -0.2) is 42.9 Å². The van der Waals surface area contributed by atoms with E-state index >= 15 is 0 Å². The van der Waals surface area contributed by atoms with Gasteiger partial charge in [0.05, 0.1) is 13.2 Å². The molecule has 0 saturated carbocycles. The van der Waals surface area contributed by atoms with E-state index in [-0.39, 0.29) is 12.2 Å². The molecule has 0 aliphatic rings. The van der Waals surface area contributed by atoms with E-state index in [0.717, 1.165) is 25.9 Å². The van der Waals surface area contributed by atoms with Crippen LogP contribution in [0, 0.1) is 0 Å². The first kappa shape index (κ1) is 15.1. The van der Waals surface area contributed by atoms with Crippen LogP contribution in [0.1, 0.15) is 40.0 Å². The van der Waals surface area contributed by atoms with Gasteiger partial charge in [0.2, 0.25) is 0 Å². The molecule has 0 unspecified atom stereocenters. The Morgan fingerprint density at radius 3 is 2.06 bits per heavy atom. The Morgan fingerprint density at radius 1 is 1.06 bits per heavy atom. The molecule has 0 N–H and O–H groups in total. The quantitative estimate of drug-likeness (QED) is 0.445. The summed E-state index contributed by atoms with van der Waals surface area (Å²) in [6.45, 7) is 8.41. The van der Waals surface area contributed by atoms with E-state index in [4.69, 9.17) is 4.74 Å². The molecule has 0 amide bonds. The van der Waals surface area contributed by atoms with Crippen LogP contribution in [0.3, 0.4) is 0 Å². The third kappa shape index (κ3) is 7.40. The molecule has 16 heavy (non-hydrogen) atoms. The van der Waals surface area contributed by atoms with Gasteiger partial charge in [-0.2, -0.15) is 0 Å². The van der Waals surface area contributed by atoms with Gasteiger partial charge in [-0.3, -0.25) is 14.5 Å². The maximum atomic E-state index is 11.5. The number of carbonyl (C=O) groups excluding carboxylic acids is 2. The summed E-state index contributed by atoms with van der Waals surface area (Å²) in [5.74, 6) is -0.471. The summed E-state index contributed by atoms with van der Waals surface area (Å²) in [6.07, 6.45) is 1.94. The van der Waals surface area contributed by atoms with Gasteiger partial charge in [0, 0.05) is 0 Å². The number of esters is 1. The Hall–Kier alpha value is -0.900. The van der Waals surface area contributed by atoms with Gasteiger partial charge < -0.3 is 4.74 Å². The highest BCUT2D eigenvalue weighted by atomic mass is 16.5. The normalized spacial score (nSPS) is 10.5. The zero-order valence-corrected chi connectivity index (χ0v) is 10.6. The summed E-state index contributed by atoms with van der Waals surface area (Å²) < 4.78 is 4.74. The fourth-order valence-corrected chi connectivity index (χ4v) is 1.58. The van der Waals surface area contributed by atoms with Crippen LogP contribution < -0.4 is 0 Å². The molecule has 0 spiro atoms. The molecule has 0 bridgehead atoms. The minimum atomic E-state index is -0.416. The van der Waals surface area contributed by atoms with Crippen molar-refractivity contribution in [2.75, 3.05) is 26.2 Å². The fourth-order valence-electron chi connectivity index (χ4n) is 1.58. The number of ketones is 1. The number of nitrogens with zero attached hydrogens (tertiary/aromatic N) is 1. The van der Waals surface area contributed by atoms with Crippen LogP contribution in [-0.2, 0) is 14.3 Å². The third-order valence-electron chi connectivity index (χ3n) is 2.13. The van der Waals surface area contributed by atoms with Gasteiger partial charge >= 0.3 is 5.97 Å². The Labute approximate surface area is 98.0 Å². The molecule has 0 aliphatic carbocycles. The maximum Gasteiger partial charge on any atom is 0.313 e. The lowest BCUT2D eigenvalue weighted by Gasteiger charge is -2.19. The van der Waals surface area contributed by atoms with Crippen molar-refractivity contribution >= 4 is 11.8 Å². The largest absolute Gasteiger partial charge is 0.466 e. The monoisotopic (exact) mass is 229 g/mol. The van der Waals surface area contributed by atoms with Crippen LogP contribution in [0.4, 0.5) is 0 Å². The first-order valence-electron chi connectivity index (χ1n) is 6.03. The van der Waals surface area contributed by atoms with Crippen LogP contribution in [0.5, 0.6) is 0 Å². The molecule has 0 rings (SSSR count). The molecular formula is C12H23NO3. The summed E-state index contributed by atoms with van der Waals surface area (Å²) in [4.78, 5) is 24.7. The van der Waals surface area contributed by atoms with Crippen molar-refractivity contribution in [1.82, 2.24) is 4.90 Å². The van der Waals surface area contributed by atoms with Crippen LogP contribution in [0.15, 0.2) is 0 Å². The van der Waals surface area contributed by atoms with Crippen molar-refractivity contribution < 1.29 is 14.3 Å². The Bertz CT molecular complexity index is 210. The second-order valence-corrected chi connectivity index (χ2v) is 3.80. The lowest BCUT2D eigenvalue weighted by molar-refractivity contribution is -0.145. The van der Waals surface area contributed by atoms with Gasteiger partial charge in [-0.15, -0.1) is 0 Å². The van der Waals surface area contributed by atoms with E-state index in [9.17, 15) is 9.59 Å². The smallest absolute Gasteiger partial charge is 0.313 e. The second-order valence-electron chi connectivity index (χ2n) is 3.80. The second kappa shape index (κ2) is 9.33. The van der Waals surface area contributed by atoms with Gasteiger partial charge in [-0.05, 0) is 32.9 Å². The SMILES string of the molecule is CCCN(CCC)CC(=O)CC(=O)OCC. The average Bonchev–Trinajstić information content (AvgIpc) is 2.18. The van der Waals surface area contributed by atoms with Crippen LogP contribution in [0.25, 0.3) is 0 Å². The van der Waals surface area contributed by atoms with Crippen LogP contribution in [0.2, 0.25) is 0 Å². The van der Waals surface area contributed by atoms with Crippen molar-refractivity contribution in [3.05, 3.63) is 0 Å². The molecule has 4 heteroatoms. The molecule has 0 aromatic carbocycles. The summed E-state index contributed by atoms with van der Waals surface area (Å²) in [6, 6.07) is 0.